The monoisotopic (exact) mass is 206 g/mol. The van der Waals surface area contributed by atoms with Crippen molar-refractivity contribution in [2.45, 2.75) is 12.5 Å². The van der Waals surface area contributed by atoms with Crippen LogP contribution in [0, 0.1) is 0 Å². The summed E-state index contributed by atoms with van der Waals surface area (Å²) in [7, 11) is 0. The van der Waals surface area contributed by atoms with E-state index in [4.69, 9.17) is 10.8 Å². The highest BCUT2D eigenvalue weighted by molar-refractivity contribution is 5.99. The number of hydrogen-bond acceptors (Lipinski definition) is 3. The zero-order chi connectivity index (χ0) is 11.0. The number of carbonyl (C=O) groups excluding carboxylic acids is 1. The fraction of sp³-hybridized carbons (Fsp3) is 0.200. The molecule has 0 spiro atoms. The third kappa shape index (κ3) is 1.69. The third-order valence-electron chi connectivity index (χ3n) is 2.38. The number of hydrogen-bond donors (Lipinski definition) is 3. The minimum atomic E-state index is -1.08. The number of nitrogens with two attached hydrogens (primary N) is 1. The Morgan fingerprint density at radius 2 is 2.27 bits per heavy atom. The van der Waals surface area contributed by atoms with Crippen LogP contribution in [-0.4, -0.2) is 17.0 Å². The second-order valence-electron chi connectivity index (χ2n) is 3.46. The molecule has 1 aliphatic rings. The molecule has 1 aromatic carbocycles. The van der Waals surface area contributed by atoms with E-state index < -0.39 is 12.0 Å². The highest BCUT2D eigenvalue weighted by Gasteiger charge is 2.20. The maximum absolute atomic E-state index is 11.1. The van der Waals surface area contributed by atoms with E-state index in [-0.39, 0.29) is 5.91 Å². The average molecular weight is 206 g/mol. The van der Waals surface area contributed by atoms with Gasteiger partial charge in [-0.15, -0.1) is 0 Å². The lowest BCUT2D eigenvalue weighted by Gasteiger charge is -2.08. The minimum absolute atomic E-state index is 0.0777. The minimum Gasteiger partial charge on any atom is -0.480 e. The second-order valence-corrected chi connectivity index (χ2v) is 3.46. The number of carboxylic acid groups (broad SMARTS) is 1. The predicted octanol–water partition coefficient (Wildman–Crippen LogP) is 0.266. The summed E-state index contributed by atoms with van der Waals surface area (Å²) in [5.41, 5.74) is 7.48. The van der Waals surface area contributed by atoms with Crippen LogP contribution >= 0.6 is 0 Å². The van der Waals surface area contributed by atoms with Crippen LogP contribution in [0.4, 0.5) is 5.69 Å². The van der Waals surface area contributed by atoms with Gasteiger partial charge in [0, 0.05) is 5.69 Å². The molecule has 5 heteroatoms. The number of anilines is 1. The topological polar surface area (TPSA) is 92.4 Å². The molecule has 4 N–H and O–H groups in total. The summed E-state index contributed by atoms with van der Waals surface area (Å²) in [6, 6.07) is 3.93. The van der Waals surface area contributed by atoms with Crippen LogP contribution < -0.4 is 11.1 Å². The van der Waals surface area contributed by atoms with Crippen molar-refractivity contribution in [2.75, 3.05) is 5.32 Å². The van der Waals surface area contributed by atoms with Crippen LogP contribution in [0.2, 0.25) is 0 Å². The lowest BCUT2D eigenvalue weighted by molar-refractivity contribution is -0.138. The Balaban J connectivity index is 2.35. The summed E-state index contributed by atoms with van der Waals surface area (Å²) in [5, 5.41) is 11.4. The van der Waals surface area contributed by atoms with Gasteiger partial charge in [-0.2, -0.15) is 0 Å². The summed E-state index contributed by atoms with van der Waals surface area (Å²) in [5.74, 6) is -1.16. The molecule has 1 atom stereocenters. The molecule has 5 nitrogen and oxygen atoms in total. The molecule has 1 heterocycles. The van der Waals surface area contributed by atoms with E-state index in [9.17, 15) is 9.59 Å². The lowest BCUT2D eigenvalue weighted by Crippen LogP contribution is -2.20. The van der Waals surface area contributed by atoms with E-state index in [0.717, 1.165) is 5.56 Å². The van der Waals surface area contributed by atoms with Gasteiger partial charge < -0.3 is 16.2 Å². The average Bonchev–Trinajstić information content (AvgIpc) is 2.55. The van der Waals surface area contributed by atoms with Gasteiger partial charge in [-0.25, -0.2) is 0 Å². The molecule has 1 unspecified atom stereocenters. The fourth-order valence-electron chi connectivity index (χ4n) is 1.57. The van der Waals surface area contributed by atoms with E-state index in [2.05, 4.69) is 5.32 Å². The van der Waals surface area contributed by atoms with Crippen LogP contribution in [0.15, 0.2) is 18.2 Å². The smallest absolute Gasteiger partial charge is 0.325 e. The third-order valence-corrected chi connectivity index (χ3v) is 2.38. The van der Waals surface area contributed by atoms with Crippen molar-refractivity contribution >= 4 is 17.6 Å². The molecule has 0 aromatic heterocycles. The summed E-state index contributed by atoms with van der Waals surface area (Å²) >= 11 is 0. The summed E-state index contributed by atoms with van der Waals surface area (Å²) in [6.07, 6.45) is 0.345. The Morgan fingerprint density at radius 1 is 1.53 bits per heavy atom. The molecule has 15 heavy (non-hydrogen) atoms. The molecule has 0 saturated heterocycles. The van der Waals surface area contributed by atoms with E-state index >= 15 is 0 Å². The number of rotatable bonds is 2. The Labute approximate surface area is 85.9 Å². The molecule has 1 aromatic rings. The van der Waals surface area contributed by atoms with Gasteiger partial charge in [0.2, 0.25) is 5.91 Å². The van der Waals surface area contributed by atoms with Crippen molar-refractivity contribution in [3.63, 3.8) is 0 Å². The van der Waals surface area contributed by atoms with Crippen molar-refractivity contribution in [1.29, 1.82) is 0 Å². The number of amides is 1. The number of benzene rings is 1. The first-order valence-electron chi connectivity index (χ1n) is 4.49. The van der Waals surface area contributed by atoms with Crippen LogP contribution in [0.3, 0.4) is 0 Å². The Hall–Kier alpha value is -1.88. The molecule has 1 aliphatic heterocycles. The van der Waals surface area contributed by atoms with Gasteiger partial charge in [0.05, 0.1) is 6.42 Å². The molecule has 2 rings (SSSR count). The summed E-state index contributed by atoms with van der Waals surface area (Å²) in [4.78, 5) is 21.7. The second kappa shape index (κ2) is 3.36. The molecule has 0 radical (unpaired) electrons. The SMILES string of the molecule is NC(C(=O)O)c1ccc2c(c1)NC(=O)C2. The molecule has 78 valence electrons. The van der Waals surface area contributed by atoms with Crippen molar-refractivity contribution in [3.8, 4) is 0 Å². The van der Waals surface area contributed by atoms with E-state index in [1.54, 1.807) is 18.2 Å². The largest absolute Gasteiger partial charge is 0.480 e. The van der Waals surface area contributed by atoms with Crippen molar-refractivity contribution in [3.05, 3.63) is 29.3 Å². The fourth-order valence-corrected chi connectivity index (χ4v) is 1.57. The summed E-state index contributed by atoms with van der Waals surface area (Å²) < 4.78 is 0. The lowest BCUT2D eigenvalue weighted by atomic mass is 10.0. The van der Waals surface area contributed by atoms with Crippen molar-refractivity contribution in [1.82, 2.24) is 0 Å². The van der Waals surface area contributed by atoms with Gasteiger partial charge in [-0.1, -0.05) is 12.1 Å². The first-order chi connectivity index (χ1) is 7.08. The number of carbonyl (C=O) groups is 2. The van der Waals surface area contributed by atoms with Crippen LogP contribution in [-0.2, 0) is 16.0 Å². The molecular formula is C10H10N2O3. The van der Waals surface area contributed by atoms with Gasteiger partial charge in [-0.3, -0.25) is 9.59 Å². The van der Waals surface area contributed by atoms with Crippen LogP contribution in [0.5, 0.6) is 0 Å². The highest BCUT2D eigenvalue weighted by Crippen LogP contribution is 2.26. The molecular weight excluding hydrogens is 196 g/mol. The van der Waals surface area contributed by atoms with Crippen LogP contribution in [0.25, 0.3) is 0 Å². The Kier molecular flexibility index (Phi) is 2.17. The van der Waals surface area contributed by atoms with Crippen molar-refractivity contribution in [2.24, 2.45) is 5.73 Å². The first-order valence-corrected chi connectivity index (χ1v) is 4.49. The zero-order valence-electron chi connectivity index (χ0n) is 7.86. The van der Waals surface area contributed by atoms with Crippen LogP contribution in [0.1, 0.15) is 17.2 Å². The summed E-state index contributed by atoms with van der Waals surface area (Å²) in [6.45, 7) is 0. The predicted molar refractivity (Wildman–Crippen MR) is 53.3 cm³/mol. The van der Waals surface area contributed by atoms with Gasteiger partial charge in [0.15, 0.2) is 0 Å². The van der Waals surface area contributed by atoms with E-state index in [1.807, 2.05) is 0 Å². The molecule has 0 aliphatic carbocycles. The number of carboxylic acids is 1. The maximum atomic E-state index is 11.1. The zero-order valence-corrected chi connectivity index (χ0v) is 7.86. The number of aliphatic carboxylic acids is 1. The Morgan fingerprint density at radius 3 is 2.93 bits per heavy atom. The van der Waals surface area contributed by atoms with Gasteiger partial charge in [0.25, 0.3) is 0 Å². The molecule has 0 saturated carbocycles. The normalized spacial score (nSPS) is 15.7. The van der Waals surface area contributed by atoms with E-state index in [1.165, 1.54) is 0 Å². The maximum Gasteiger partial charge on any atom is 0.325 e. The quantitative estimate of drug-likeness (QED) is 0.647. The van der Waals surface area contributed by atoms with E-state index in [0.29, 0.717) is 17.7 Å². The van der Waals surface area contributed by atoms with Crippen molar-refractivity contribution < 1.29 is 14.7 Å². The molecule has 0 fully saturated rings. The van der Waals surface area contributed by atoms with Gasteiger partial charge >= 0.3 is 5.97 Å². The standard InChI is InChI=1S/C10H10N2O3/c11-9(10(14)15)6-2-1-5-4-8(13)12-7(5)3-6/h1-3,9H,4,11H2,(H,12,13)(H,14,15). The van der Waals surface area contributed by atoms with Gasteiger partial charge in [0.1, 0.15) is 6.04 Å². The number of nitrogens with one attached hydrogen (secondary N) is 1. The molecule has 1 amide bonds. The Bertz CT molecular complexity index is 442. The first kappa shape index (κ1) is 9.67. The highest BCUT2D eigenvalue weighted by atomic mass is 16.4. The number of fused-ring (bicyclic) bond motifs is 1. The molecule has 0 bridgehead atoms. The van der Waals surface area contributed by atoms with Gasteiger partial charge in [-0.05, 0) is 17.2 Å².